The fraction of sp³-hybridized carbons (Fsp3) is 0.421. The number of para-hydroxylation sites is 1. The van der Waals surface area contributed by atoms with E-state index in [1.54, 1.807) is 49.4 Å². The van der Waals surface area contributed by atoms with Crippen molar-refractivity contribution in [2.45, 2.75) is 12.6 Å². The van der Waals surface area contributed by atoms with Crippen molar-refractivity contribution >= 4 is 35.1 Å². The van der Waals surface area contributed by atoms with Gasteiger partial charge in [0.25, 0.3) is 5.91 Å². The van der Waals surface area contributed by atoms with Gasteiger partial charge in [0.1, 0.15) is 11.9 Å². The number of halogens is 1. The summed E-state index contributed by atoms with van der Waals surface area (Å²) in [5.41, 5.74) is 0.823. The van der Waals surface area contributed by atoms with Crippen LogP contribution in [-0.4, -0.2) is 73.1 Å². The van der Waals surface area contributed by atoms with Gasteiger partial charge in [-0.3, -0.25) is 14.5 Å². The van der Waals surface area contributed by atoms with Crippen LogP contribution >= 0.6 is 11.6 Å². The van der Waals surface area contributed by atoms with E-state index in [0.29, 0.717) is 36.0 Å². The fourth-order valence-electron chi connectivity index (χ4n) is 3.59. The number of nitrogens with zero attached hydrogens (tertiary/aromatic N) is 3. The first-order valence-corrected chi connectivity index (χ1v) is 9.32. The number of methoxy groups -OCH3 is 1. The summed E-state index contributed by atoms with van der Waals surface area (Å²) in [5, 5.41) is 3.21. The van der Waals surface area contributed by atoms with Gasteiger partial charge in [0.15, 0.2) is 0 Å². The molecule has 150 valence electrons. The Bertz CT molecular complexity index is 828. The molecule has 0 bridgehead atoms. The molecule has 2 aliphatic rings. The Morgan fingerprint density at radius 2 is 1.96 bits per heavy atom. The first kappa shape index (κ1) is 20.2. The zero-order valence-electron chi connectivity index (χ0n) is 16.0. The third-order valence-electron chi connectivity index (χ3n) is 4.99. The van der Waals surface area contributed by atoms with E-state index in [9.17, 15) is 14.4 Å². The number of urea groups is 1. The predicted molar refractivity (Wildman–Crippen MR) is 105 cm³/mol. The van der Waals surface area contributed by atoms with Crippen LogP contribution in [0, 0.1) is 5.92 Å². The van der Waals surface area contributed by atoms with Crippen LogP contribution in [0.5, 0.6) is 0 Å². The lowest BCUT2D eigenvalue weighted by molar-refractivity contribution is -0.137. The molecule has 28 heavy (non-hydrogen) atoms. The van der Waals surface area contributed by atoms with E-state index in [2.05, 4.69) is 5.32 Å². The Balaban J connectivity index is 1.90. The monoisotopic (exact) mass is 406 g/mol. The van der Waals surface area contributed by atoms with Crippen LogP contribution in [0.15, 0.2) is 36.0 Å². The highest BCUT2D eigenvalue weighted by atomic mass is 35.5. The third-order valence-corrected chi connectivity index (χ3v) is 5.32. The molecule has 1 N–H and O–H groups in total. The lowest BCUT2D eigenvalue weighted by atomic mass is 10.0. The van der Waals surface area contributed by atoms with Gasteiger partial charge in [-0.25, -0.2) is 4.79 Å². The molecule has 0 radical (unpaired) electrons. The molecule has 9 heteroatoms. The summed E-state index contributed by atoms with van der Waals surface area (Å²) in [7, 11) is 4.68. The van der Waals surface area contributed by atoms with Crippen molar-refractivity contribution in [3.8, 4) is 0 Å². The van der Waals surface area contributed by atoms with E-state index in [0.717, 1.165) is 4.90 Å². The molecule has 2 atom stereocenters. The number of ether oxygens (including phenoxy) is 1. The highest BCUT2D eigenvalue weighted by Crippen LogP contribution is 2.35. The standard InChI is InChI=1S/C19H23ClN4O4/c1-22-17-12(18(26)23(2)19(22)27)11-15(24(17)9-6-10-28-3)16(25)21-14-8-5-4-7-13(14)20/h4-5,7-8,11-12,17H,6,9-10H2,1-3H3,(H,21,25). The number of carbonyl (C=O) groups excluding carboxylic acids is 3. The van der Waals surface area contributed by atoms with Gasteiger partial charge in [-0.05, 0) is 24.6 Å². The molecule has 0 spiro atoms. The highest BCUT2D eigenvalue weighted by Gasteiger charge is 2.50. The van der Waals surface area contributed by atoms with Crippen LogP contribution in [-0.2, 0) is 14.3 Å². The van der Waals surface area contributed by atoms with Gasteiger partial charge in [-0.1, -0.05) is 23.7 Å². The van der Waals surface area contributed by atoms with Gasteiger partial charge in [0, 0.05) is 34.4 Å². The van der Waals surface area contributed by atoms with E-state index < -0.39 is 18.1 Å². The normalized spacial score (nSPS) is 21.7. The van der Waals surface area contributed by atoms with Crippen molar-refractivity contribution in [2.24, 2.45) is 5.92 Å². The van der Waals surface area contributed by atoms with Gasteiger partial charge < -0.3 is 19.9 Å². The molecule has 1 saturated heterocycles. The summed E-state index contributed by atoms with van der Waals surface area (Å²) in [5.74, 6) is -1.32. The van der Waals surface area contributed by atoms with E-state index in [1.807, 2.05) is 0 Å². The maximum Gasteiger partial charge on any atom is 0.327 e. The Kier molecular flexibility index (Phi) is 5.90. The maximum absolute atomic E-state index is 13.0. The van der Waals surface area contributed by atoms with Crippen molar-refractivity contribution in [3.05, 3.63) is 41.1 Å². The number of carbonyl (C=O) groups is 3. The minimum absolute atomic E-state index is 0.328. The lowest BCUT2D eigenvalue weighted by Gasteiger charge is -2.43. The molecule has 4 amide bonds. The number of rotatable bonds is 6. The number of anilines is 1. The van der Waals surface area contributed by atoms with Gasteiger partial charge in [0.05, 0.1) is 16.6 Å². The van der Waals surface area contributed by atoms with Gasteiger partial charge in [-0.15, -0.1) is 0 Å². The zero-order chi connectivity index (χ0) is 20.4. The van der Waals surface area contributed by atoms with Crippen LogP contribution in [0.2, 0.25) is 5.02 Å². The molecule has 2 aliphatic heterocycles. The first-order chi connectivity index (χ1) is 13.4. The number of hydrogen-bond donors (Lipinski definition) is 1. The van der Waals surface area contributed by atoms with Crippen LogP contribution in [0.25, 0.3) is 0 Å². The SMILES string of the molecule is COCCCN1C(C(=O)Nc2ccccc2Cl)=CC2C(=O)N(C)C(=O)N(C)C21. The maximum atomic E-state index is 13.0. The topological polar surface area (TPSA) is 82.2 Å². The molecule has 0 aliphatic carbocycles. The van der Waals surface area contributed by atoms with Gasteiger partial charge in [-0.2, -0.15) is 0 Å². The summed E-state index contributed by atoms with van der Waals surface area (Å²) in [4.78, 5) is 42.4. The average molecular weight is 407 g/mol. The molecule has 2 heterocycles. The molecule has 0 saturated carbocycles. The summed E-state index contributed by atoms with van der Waals surface area (Å²) in [6.45, 7) is 0.963. The minimum Gasteiger partial charge on any atom is -0.385 e. The average Bonchev–Trinajstić information content (AvgIpc) is 3.06. The second-order valence-electron chi connectivity index (χ2n) is 6.76. The number of fused-ring (bicyclic) bond motifs is 1. The number of benzene rings is 1. The summed E-state index contributed by atoms with van der Waals surface area (Å²) in [6, 6.07) is 6.52. The Hall–Kier alpha value is -2.58. The van der Waals surface area contributed by atoms with Gasteiger partial charge in [0.2, 0.25) is 5.91 Å². The third kappa shape index (κ3) is 3.57. The Morgan fingerprint density at radius 1 is 1.25 bits per heavy atom. The molecule has 2 unspecified atom stereocenters. The van der Waals surface area contributed by atoms with Crippen LogP contribution in [0.1, 0.15) is 6.42 Å². The summed E-state index contributed by atoms with van der Waals surface area (Å²) < 4.78 is 5.11. The van der Waals surface area contributed by atoms with Crippen molar-refractivity contribution in [1.29, 1.82) is 0 Å². The smallest absolute Gasteiger partial charge is 0.327 e. The van der Waals surface area contributed by atoms with E-state index in [1.165, 1.54) is 11.9 Å². The Morgan fingerprint density at radius 3 is 2.64 bits per heavy atom. The molecule has 0 aromatic heterocycles. The molecular formula is C19H23ClN4O4. The van der Waals surface area contributed by atoms with Crippen molar-refractivity contribution in [1.82, 2.24) is 14.7 Å². The van der Waals surface area contributed by atoms with Crippen molar-refractivity contribution in [3.63, 3.8) is 0 Å². The van der Waals surface area contributed by atoms with Gasteiger partial charge >= 0.3 is 6.03 Å². The second kappa shape index (κ2) is 8.20. The molecular weight excluding hydrogens is 384 g/mol. The van der Waals surface area contributed by atoms with E-state index in [-0.39, 0.29) is 11.8 Å². The molecule has 1 aromatic rings. The minimum atomic E-state index is -0.609. The number of imide groups is 1. The zero-order valence-corrected chi connectivity index (χ0v) is 16.8. The van der Waals surface area contributed by atoms with Crippen molar-refractivity contribution < 1.29 is 19.1 Å². The Labute approximate surface area is 168 Å². The largest absolute Gasteiger partial charge is 0.385 e. The number of hydrogen-bond acceptors (Lipinski definition) is 5. The van der Waals surface area contributed by atoms with Crippen LogP contribution < -0.4 is 5.32 Å². The summed E-state index contributed by atoms with van der Waals surface area (Å²) >= 11 is 6.14. The highest BCUT2D eigenvalue weighted by molar-refractivity contribution is 6.33. The first-order valence-electron chi connectivity index (χ1n) is 8.94. The van der Waals surface area contributed by atoms with Crippen LogP contribution in [0.4, 0.5) is 10.5 Å². The van der Waals surface area contributed by atoms with E-state index >= 15 is 0 Å². The van der Waals surface area contributed by atoms with Crippen molar-refractivity contribution in [2.75, 3.05) is 39.7 Å². The second-order valence-corrected chi connectivity index (χ2v) is 7.16. The quantitative estimate of drug-likeness (QED) is 0.730. The predicted octanol–water partition coefficient (Wildman–Crippen LogP) is 1.98. The van der Waals surface area contributed by atoms with Crippen LogP contribution in [0.3, 0.4) is 0 Å². The molecule has 3 rings (SSSR count). The fourth-order valence-corrected chi connectivity index (χ4v) is 3.77. The van der Waals surface area contributed by atoms with E-state index in [4.69, 9.17) is 16.3 Å². The lowest BCUT2D eigenvalue weighted by Crippen LogP contribution is -2.62. The molecule has 1 aromatic carbocycles. The summed E-state index contributed by atoms with van der Waals surface area (Å²) in [6.07, 6.45) is 1.73. The number of amides is 4. The number of nitrogens with one attached hydrogen (secondary N) is 1. The molecule has 1 fully saturated rings. The molecule has 8 nitrogen and oxygen atoms in total.